The van der Waals surface area contributed by atoms with Crippen LogP contribution in [0.1, 0.15) is 0 Å². The molecule has 8 heteroatoms. The van der Waals surface area contributed by atoms with Crippen molar-refractivity contribution in [3.8, 4) is 0 Å². The van der Waals surface area contributed by atoms with Crippen LogP contribution in [0.15, 0.2) is 343 Å². The van der Waals surface area contributed by atoms with E-state index in [-0.39, 0.29) is 13.4 Å². The van der Waals surface area contributed by atoms with Crippen molar-refractivity contribution in [2.75, 3.05) is 24.5 Å². The summed E-state index contributed by atoms with van der Waals surface area (Å²) in [6, 6.07) is 124. The Labute approximate surface area is 540 Å². The third-order valence-corrected chi connectivity index (χ3v) is 20.4. The zero-order chi connectivity index (χ0) is 60.4. The molecule has 15 aromatic carbocycles. The van der Waals surface area contributed by atoms with Gasteiger partial charge in [-0.1, -0.05) is 223 Å². The van der Waals surface area contributed by atoms with Crippen molar-refractivity contribution in [1.82, 2.24) is 0 Å². The Morgan fingerprint density at radius 1 is 0.217 bits per heavy atom. The first-order valence-electron chi connectivity index (χ1n) is 31.7. The third kappa shape index (κ3) is 8.30. The van der Waals surface area contributed by atoms with E-state index in [1.165, 1.54) is 86.3 Å². The van der Waals surface area contributed by atoms with Crippen LogP contribution in [0.3, 0.4) is 0 Å². The molecule has 92 heavy (non-hydrogen) atoms. The number of anilines is 15. The first kappa shape index (κ1) is 52.5. The van der Waals surface area contributed by atoms with Crippen LogP contribution in [0.5, 0.6) is 0 Å². The van der Waals surface area contributed by atoms with Crippen molar-refractivity contribution in [2.24, 2.45) is 0 Å². The molecule has 0 saturated carbocycles. The molecule has 4 heterocycles. The minimum atomic E-state index is -0.194. The molecular weight excluding hydrogens is 1130 g/mol. The smallest absolute Gasteiger partial charge is 0.252 e. The van der Waals surface area contributed by atoms with Crippen molar-refractivity contribution >= 4 is 176 Å². The number of hydrogen-bond acceptors (Lipinski definition) is 6. The fourth-order valence-corrected chi connectivity index (χ4v) is 16.6. The van der Waals surface area contributed by atoms with Gasteiger partial charge in [0.05, 0.1) is 5.69 Å². The van der Waals surface area contributed by atoms with Crippen LogP contribution < -0.4 is 57.3 Å². The summed E-state index contributed by atoms with van der Waals surface area (Å²) in [6.45, 7) is -0.315. The van der Waals surface area contributed by atoms with Gasteiger partial charge in [-0.2, -0.15) is 0 Å². The van der Waals surface area contributed by atoms with Gasteiger partial charge in [0.1, 0.15) is 0 Å². The van der Waals surface area contributed by atoms with Gasteiger partial charge in [-0.15, -0.1) is 0 Å². The average molecular weight is 1190 g/mol. The summed E-state index contributed by atoms with van der Waals surface area (Å²) in [4.78, 5) is 15.2. The summed E-state index contributed by atoms with van der Waals surface area (Å²) >= 11 is 1.91. The van der Waals surface area contributed by atoms with Crippen molar-refractivity contribution < 1.29 is 0 Å². The van der Waals surface area contributed by atoms with Gasteiger partial charge in [0.2, 0.25) is 6.71 Å². The van der Waals surface area contributed by atoms with Crippen molar-refractivity contribution in [2.45, 2.75) is 9.79 Å². The molecule has 0 amide bonds. The second-order valence-corrected chi connectivity index (χ2v) is 25.5. The summed E-state index contributed by atoms with van der Waals surface area (Å²) in [6.07, 6.45) is 0. The summed E-state index contributed by atoms with van der Waals surface area (Å²) < 4.78 is 0. The Kier molecular flexibility index (Phi) is 12.0. The maximum Gasteiger partial charge on any atom is 0.252 e. The Balaban J connectivity index is 0.947. The van der Waals surface area contributed by atoms with Crippen LogP contribution >= 0.6 is 11.8 Å². The zero-order valence-electron chi connectivity index (χ0n) is 50.1. The second kappa shape index (κ2) is 21.1. The van der Waals surface area contributed by atoms with E-state index in [9.17, 15) is 0 Å². The molecule has 0 spiro atoms. The summed E-state index contributed by atoms with van der Waals surface area (Å²) in [5.41, 5.74) is 24.4. The molecule has 4 aliphatic rings. The predicted octanol–water partition coefficient (Wildman–Crippen LogP) is 18.9. The third-order valence-electron chi connectivity index (χ3n) is 19.3. The Hall–Kier alpha value is -11.4. The Bertz CT molecular complexity index is 5350. The molecule has 0 unspecified atom stereocenters. The van der Waals surface area contributed by atoms with Gasteiger partial charge in [0.15, 0.2) is 0 Å². The average Bonchev–Trinajstić information content (AvgIpc) is 0.687. The molecule has 0 aliphatic carbocycles. The van der Waals surface area contributed by atoms with E-state index in [4.69, 9.17) is 0 Å². The molecular formula is C84H55B2N5S. The van der Waals surface area contributed by atoms with Crippen LogP contribution in [0.4, 0.5) is 85.3 Å². The molecule has 0 fully saturated rings. The van der Waals surface area contributed by atoms with Crippen LogP contribution in [0.2, 0.25) is 0 Å². The monoisotopic (exact) mass is 1190 g/mol. The number of para-hydroxylation sites is 6. The number of hydrogen-bond donors (Lipinski definition) is 0. The van der Waals surface area contributed by atoms with Gasteiger partial charge in [-0.25, -0.2) is 0 Å². The lowest BCUT2D eigenvalue weighted by Crippen LogP contribution is -2.64. The van der Waals surface area contributed by atoms with E-state index in [2.05, 4.69) is 358 Å². The van der Waals surface area contributed by atoms with Crippen molar-refractivity contribution in [3.05, 3.63) is 334 Å². The molecule has 19 rings (SSSR count). The fraction of sp³-hybridized carbons (Fsp3) is 0. The standard InChI is InChI=1S/C84H55B2N5S/c1-7-31-62(32-8-1)87(63-33-9-2-10-34-63)69-50-78-83-79(51-69)91(68-44-43-56-25-19-20-26-57(56)45-68)75-48-60-29-23-21-27-58(60)46-71(75)85(83)72-54-73-77(55-76(72)89(78)66-39-15-5-16-40-66)90(67-41-17-6-18-42-67)80-52-70(88(64-35-11-3-12-36-64)65-37-13-4-14-38-65)53-82-84(80)86(73)74-47-59-28-22-24-30-61(59)49-81(74)92-82/h1-55H. The number of fused-ring (bicyclic) bond motifs is 11. The first-order chi connectivity index (χ1) is 45.6. The lowest BCUT2D eigenvalue weighted by Gasteiger charge is -2.47. The molecule has 4 aliphatic heterocycles. The zero-order valence-corrected chi connectivity index (χ0v) is 50.9. The quantitative estimate of drug-likeness (QED) is 0.133. The van der Waals surface area contributed by atoms with E-state index in [1.807, 2.05) is 11.8 Å². The largest absolute Gasteiger partial charge is 0.311 e. The second-order valence-electron chi connectivity index (χ2n) is 24.4. The maximum atomic E-state index is 2.66. The summed E-state index contributed by atoms with van der Waals surface area (Å²) in [5.74, 6) is 0. The SMILES string of the molecule is c1ccc(N(c2ccccc2)c2cc3c4c(c2)N(c2ccccc2)c2cc5c(cc2B4c2cc4ccccc4cc2S3)B2c3cc4ccccc4cc3N(c3ccc4ccccc4c3)c3cc(N(c4ccccc4)c4ccccc4)cc(c32)N5c2ccccc2)cc1. The highest BCUT2D eigenvalue weighted by Gasteiger charge is 2.48. The number of rotatable bonds is 9. The van der Waals surface area contributed by atoms with Crippen LogP contribution in [-0.2, 0) is 0 Å². The summed E-state index contributed by atoms with van der Waals surface area (Å²) in [5, 5.41) is 7.29. The van der Waals surface area contributed by atoms with Gasteiger partial charge in [-0.3, -0.25) is 0 Å². The molecule has 0 bridgehead atoms. The van der Waals surface area contributed by atoms with Gasteiger partial charge in [-0.05, 0) is 187 Å². The minimum Gasteiger partial charge on any atom is -0.311 e. The minimum absolute atomic E-state index is 0.121. The molecule has 428 valence electrons. The van der Waals surface area contributed by atoms with Crippen LogP contribution in [0.25, 0.3) is 32.3 Å². The molecule has 0 radical (unpaired) electrons. The first-order valence-corrected chi connectivity index (χ1v) is 32.5. The van der Waals surface area contributed by atoms with Crippen molar-refractivity contribution in [3.63, 3.8) is 0 Å². The van der Waals surface area contributed by atoms with E-state index < -0.39 is 0 Å². The molecule has 15 aromatic rings. The Morgan fingerprint density at radius 3 is 1.08 bits per heavy atom. The van der Waals surface area contributed by atoms with E-state index in [0.29, 0.717) is 0 Å². The van der Waals surface area contributed by atoms with Gasteiger partial charge in [0, 0.05) is 89.4 Å². The highest BCUT2D eigenvalue weighted by molar-refractivity contribution is 8.00. The Morgan fingerprint density at radius 2 is 0.576 bits per heavy atom. The van der Waals surface area contributed by atoms with Gasteiger partial charge < -0.3 is 24.5 Å². The molecule has 5 nitrogen and oxygen atoms in total. The normalized spacial score (nSPS) is 13.1. The molecule has 0 atom stereocenters. The summed E-state index contributed by atoms with van der Waals surface area (Å²) in [7, 11) is 0. The topological polar surface area (TPSA) is 16.2 Å². The number of nitrogens with zero attached hydrogens (tertiary/aromatic N) is 5. The molecule has 0 aromatic heterocycles. The van der Waals surface area contributed by atoms with Gasteiger partial charge in [0.25, 0.3) is 6.71 Å². The number of benzene rings is 15. The van der Waals surface area contributed by atoms with E-state index in [1.54, 1.807) is 0 Å². The predicted molar refractivity (Wildman–Crippen MR) is 392 cm³/mol. The highest BCUT2D eigenvalue weighted by atomic mass is 32.2. The van der Waals surface area contributed by atoms with Crippen molar-refractivity contribution in [1.29, 1.82) is 0 Å². The molecule has 0 N–H and O–H groups in total. The van der Waals surface area contributed by atoms with Gasteiger partial charge >= 0.3 is 0 Å². The van der Waals surface area contributed by atoms with E-state index >= 15 is 0 Å². The highest BCUT2D eigenvalue weighted by Crippen LogP contribution is 2.52. The van der Waals surface area contributed by atoms with Crippen LogP contribution in [-0.4, -0.2) is 13.4 Å². The fourth-order valence-electron chi connectivity index (χ4n) is 15.3. The van der Waals surface area contributed by atoms with E-state index in [0.717, 1.165) is 73.9 Å². The van der Waals surface area contributed by atoms with Crippen LogP contribution in [0, 0.1) is 0 Å². The maximum absolute atomic E-state index is 2.66. The lowest BCUT2D eigenvalue weighted by atomic mass is 9.30. The lowest BCUT2D eigenvalue weighted by molar-refractivity contribution is 1.21. The molecule has 0 saturated heterocycles.